The fourth-order valence-corrected chi connectivity index (χ4v) is 1.56. The largest absolute Gasteiger partial charge is 0.439 e. The lowest BCUT2D eigenvalue weighted by atomic mass is 10.1. The van der Waals surface area contributed by atoms with Crippen molar-refractivity contribution in [3.05, 3.63) is 29.7 Å². The molecule has 0 aliphatic carbocycles. The van der Waals surface area contributed by atoms with E-state index in [0.29, 0.717) is 11.5 Å². The number of hydrogen-bond acceptors (Lipinski definition) is 4. The molecule has 4 heteroatoms. The summed E-state index contributed by atoms with van der Waals surface area (Å²) in [6.45, 7) is 3.71. The van der Waals surface area contributed by atoms with E-state index in [1.165, 1.54) is 5.56 Å². The van der Waals surface area contributed by atoms with Gasteiger partial charge in [-0.2, -0.15) is 0 Å². The molecular formula is C12H16N2O2. The summed E-state index contributed by atoms with van der Waals surface area (Å²) in [6, 6.07) is 5.30. The van der Waals surface area contributed by atoms with Gasteiger partial charge in [0, 0.05) is 0 Å². The second-order valence-corrected chi connectivity index (χ2v) is 3.97. The van der Waals surface area contributed by atoms with Gasteiger partial charge in [-0.25, -0.2) is 4.98 Å². The van der Waals surface area contributed by atoms with Crippen LogP contribution in [0.1, 0.15) is 31.3 Å². The van der Waals surface area contributed by atoms with Gasteiger partial charge in [0.25, 0.3) is 0 Å². The summed E-state index contributed by atoms with van der Waals surface area (Å²) in [5.74, 6) is 0.387. The molecule has 0 radical (unpaired) electrons. The predicted molar refractivity (Wildman–Crippen MR) is 62.0 cm³/mol. The third-order valence-corrected chi connectivity index (χ3v) is 2.68. The highest BCUT2D eigenvalue weighted by Crippen LogP contribution is 2.21. The van der Waals surface area contributed by atoms with Crippen LogP contribution >= 0.6 is 0 Å². The molecule has 3 N–H and O–H groups in total. The number of nitrogens with two attached hydrogens (primary N) is 1. The zero-order valence-corrected chi connectivity index (χ0v) is 9.47. The minimum atomic E-state index is -0.668. The normalized spacial score (nSPS) is 15.2. The van der Waals surface area contributed by atoms with Crippen LogP contribution < -0.4 is 5.73 Å². The summed E-state index contributed by atoms with van der Waals surface area (Å²) in [6.07, 6.45) is 0.291. The fourth-order valence-electron chi connectivity index (χ4n) is 1.56. The number of oxazole rings is 1. The molecule has 4 nitrogen and oxygen atoms in total. The molecule has 2 aromatic rings. The Hall–Kier alpha value is -1.39. The number of fused-ring (bicyclic) bond motifs is 1. The van der Waals surface area contributed by atoms with Gasteiger partial charge < -0.3 is 15.3 Å². The second kappa shape index (κ2) is 4.23. The van der Waals surface area contributed by atoms with Gasteiger partial charge in [0.05, 0.1) is 6.10 Å². The van der Waals surface area contributed by atoms with Crippen molar-refractivity contribution < 1.29 is 9.52 Å². The van der Waals surface area contributed by atoms with Gasteiger partial charge >= 0.3 is 0 Å². The van der Waals surface area contributed by atoms with Crippen molar-refractivity contribution in [1.29, 1.82) is 0 Å². The van der Waals surface area contributed by atoms with Crippen molar-refractivity contribution in [2.45, 2.75) is 32.4 Å². The standard InChI is InChI=1S/C12H16N2O2/c1-3-8-4-5-10-9(6-8)14-12(16-10)11(13)7(2)15/h4-7,11,15H,3,13H2,1-2H3. The van der Waals surface area contributed by atoms with Crippen molar-refractivity contribution in [2.24, 2.45) is 5.73 Å². The number of aryl methyl sites for hydroxylation is 1. The van der Waals surface area contributed by atoms with Crippen LogP contribution in [-0.4, -0.2) is 16.2 Å². The zero-order valence-electron chi connectivity index (χ0n) is 9.47. The Morgan fingerprint density at radius 1 is 1.50 bits per heavy atom. The molecule has 1 heterocycles. The Balaban J connectivity index is 2.43. The van der Waals surface area contributed by atoms with Gasteiger partial charge in [0.15, 0.2) is 5.58 Å². The maximum Gasteiger partial charge on any atom is 0.215 e. The van der Waals surface area contributed by atoms with Crippen LogP contribution in [0.5, 0.6) is 0 Å². The van der Waals surface area contributed by atoms with Crippen molar-refractivity contribution in [3.8, 4) is 0 Å². The summed E-state index contributed by atoms with van der Waals surface area (Å²) < 4.78 is 5.49. The molecule has 16 heavy (non-hydrogen) atoms. The van der Waals surface area contributed by atoms with Gasteiger partial charge in [-0.3, -0.25) is 0 Å². The summed E-state index contributed by atoms with van der Waals surface area (Å²) >= 11 is 0. The van der Waals surface area contributed by atoms with Gasteiger partial charge in [-0.15, -0.1) is 0 Å². The minimum Gasteiger partial charge on any atom is -0.439 e. The van der Waals surface area contributed by atoms with Crippen LogP contribution in [0.2, 0.25) is 0 Å². The molecule has 0 saturated carbocycles. The molecule has 2 atom stereocenters. The Morgan fingerprint density at radius 3 is 2.88 bits per heavy atom. The lowest BCUT2D eigenvalue weighted by Gasteiger charge is -2.09. The zero-order chi connectivity index (χ0) is 11.7. The molecule has 2 rings (SSSR count). The fraction of sp³-hybridized carbons (Fsp3) is 0.417. The number of aliphatic hydroxyl groups is 1. The first kappa shape index (κ1) is 11.1. The molecule has 0 saturated heterocycles. The Morgan fingerprint density at radius 2 is 2.25 bits per heavy atom. The van der Waals surface area contributed by atoms with E-state index in [1.807, 2.05) is 18.2 Å². The summed E-state index contributed by atoms with van der Waals surface area (Å²) in [5, 5.41) is 9.38. The van der Waals surface area contributed by atoms with Crippen LogP contribution in [0, 0.1) is 0 Å². The smallest absolute Gasteiger partial charge is 0.215 e. The average molecular weight is 220 g/mol. The van der Waals surface area contributed by atoms with Crippen LogP contribution in [0.15, 0.2) is 22.6 Å². The average Bonchev–Trinajstić information content (AvgIpc) is 2.69. The molecular weight excluding hydrogens is 204 g/mol. The molecule has 0 fully saturated rings. The molecule has 0 spiro atoms. The number of aliphatic hydroxyl groups excluding tert-OH is 1. The van der Waals surface area contributed by atoms with E-state index in [4.69, 9.17) is 10.2 Å². The van der Waals surface area contributed by atoms with Crippen molar-refractivity contribution in [1.82, 2.24) is 4.98 Å². The first-order valence-corrected chi connectivity index (χ1v) is 5.45. The quantitative estimate of drug-likeness (QED) is 0.826. The van der Waals surface area contributed by atoms with Crippen molar-refractivity contribution in [2.75, 3.05) is 0 Å². The number of aromatic nitrogens is 1. The van der Waals surface area contributed by atoms with E-state index in [0.717, 1.165) is 11.9 Å². The molecule has 2 unspecified atom stereocenters. The Kier molecular flexibility index (Phi) is 2.94. The summed E-state index contributed by atoms with van der Waals surface area (Å²) in [4.78, 5) is 4.29. The lowest BCUT2D eigenvalue weighted by Crippen LogP contribution is -2.23. The van der Waals surface area contributed by atoms with E-state index in [-0.39, 0.29) is 0 Å². The summed E-state index contributed by atoms with van der Waals surface area (Å²) in [5.41, 5.74) is 8.48. The predicted octanol–water partition coefficient (Wildman–Crippen LogP) is 1.77. The first-order chi connectivity index (χ1) is 7.61. The maximum atomic E-state index is 9.38. The number of benzene rings is 1. The van der Waals surface area contributed by atoms with E-state index < -0.39 is 12.1 Å². The molecule has 0 aliphatic rings. The highest BCUT2D eigenvalue weighted by molar-refractivity contribution is 5.73. The van der Waals surface area contributed by atoms with Gasteiger partial charge in [0.2, 0.25) is 5.89 Å². The van der Waals surface area contributed by atoms with E-state index in [1.54, 1.807) is 6.92 Å². The van der Waals surface area contributed by atoms with E-state index in [2.05, 4.69) is 11.9 Å². The minimum absolute atomic E-state index is 0.387. The third kappa shape index (κ3) is 1.94. The molecule has 0 amide bonds. The summed E-state index contributed by atoms with van der Waals surface area (Å²) in [7, 11) is 0. The lowest BCUT2D eigenvalue weighted by molar-refractivity contribution is 0.152. The molecule has 0 aliphatic heterocycles. The SMILES string of the molecule is CCc1ccc2oc(C(N)C(C)O)nc2c1. The van der Waals surface area contributed by atoms with Gasteiger partial charge in [-0.1, -0.05) is 13.0 Å². The van der Waals surface area contributed by atoms with Crippen LogP contribution in [0.4, 0.5) is 0 Å². The first-order valence-electron chi connectivity index (χ1n) is 5.45. The molecule has 1 aromatic heterocycles. The monoisotopic (exact) mass is 220 g/mol. The number of rotatable bonds is 3. The van der Waals surface area contributed by atoms with Crippen molar-refractivity contribution in [3.63, 3.8) is 0 Å². The van der Waals surface area contributed by atoms with Crippen LogP contribution in [0.25, 0.3) is 11.1 Å². The van der Waals surface area contributed by atoms with Crippen molar-refractivity contribution >= 4 is 11.1 Å². The molecule has 0 bridgehead atoms. The third-order valence-electron chi connectivity index (χ3n) is 2.68. The van der Waals surface area contributed by atoms with Crippen LogP contribution in [0.3, 0.4) is 0 Å². The highest BCUT2D eigenvalue weighted by atomic mass is 16.4. The Bertz CT molecular complexity index is 491. The highest BCUT2D eigenvalue weighted by Gasteiger charge is 2.18. The Labute approximate surface area is 94.1 Å². The number of nitrogens with zero attached hydrogens (tertiary/aromatic N) is 1. The van der Waals surface area contributed by atoms with Crippen LogP contribution in [-0.2, 0) is 6.42 Å². The second-order valence-electron chi connectivity index (χ2n) is 3.97. The van der Waals surface area contributed by atoms with E-state index in [9.17, 15) is 5.11 Å². The molecule has 86 valence electrons. The molecule has 1 aromatic carbocycles. The number of hydrogen-bond donors (Lipinski definition) is 2. The maximum absolute atomic E-state index is 9.38. The van der Waals surface area contributed by atoms with Gasteiger partial charge in [-0.05, 0) is 31.0 Å². The topological polar surface area (TPSA) is 72.3 Å². The van der Waals surface area contributed by atoms with E-state index >= 15 is 0 Å². The van der Waals surface area contributed by atoms with Gasteiger partial charge in [0.1, 0.15) is 11.6 Å².